The fourth-order valence-electron chi connectivity index (χ4n) is 1.75. The zero-order valence-corrected chi connectivity index (χ0v) is 11.5. The number of pyridine rings is 1. The molecule has 19 heavy (non-hydrogen) atoms. The second-order valence-corrected chi connectivity index (χ2v) is 5.64. The summed E-state index contributed by atoms with van der Waals surface area (Å²) in [7, 11) is 0. The van der Waals surface area contributed by atoms with Crippen molar-refractivity contribution < 1.29 is 4.79 Å². The van der Waals surface area contributed by atoms with E-state index >= 15 is 0 Å². The van der Waals surface area contributed by atoms with Crippen molar-refractivity contribution >= 4 is 40.2 Å². The van der Waals surface area contributed by atoms with Gasteiger partial charge in [0.2, 0.25) is 0 Å². The van der Waals surface area contributed by atoms with Gasteiger partial charge in [0.25, 0.3) is 5.91 Å². The summed E-state index contributed by atoms with van der Waals surface area (Å²) in [6, 6.07) is 7.01. The maximum absolute atomic E-state index is 12.1. The molecule has 0 bridgehead atoms. The minimum atomic E-state index is -0.203. The minimum absolute atomic E-state index is 0.203. The summed E-state index contributed by atoms with van der Waals surface area (Å²) < 4.78 is 2.40. The van der Waals surface area contributed by atoms with E-state index in [0.29, 0.717) is 20.5 Å². The highest BCUT2D eigenvalue weighted by atomic mass is 35.5. The fourth-order valence-corrected chi connectivity index (χ4v) is 2.69. The second-order valence-electron chi connectivity index (χ2n) is 3.92. The first kappa shape index (κ1) is 12.1. The molecule has 96 valence electrons. The number of aryl methyl sites for hydroxylation is 1. The molecule has 0 radical (unpaired) electrons. The highest BCUT2D eigenvalue weighted by molar-refractivity contribution is 7.18. The van der Waals surface area contributed by atoms with E-state index in [1.165, 1.54) is 11.3 Å². The normalized spacial score (nSPS) is 10.8. The number of aromatic nitrogens is 3. The number of thiophene rings is 1. The van der Waals surface area contributed by atoms with E-state index in [2.05, 4.69) is 15.5 Å². The highest BCUT2D eigenvalue weighted by Gasteiger charge is 2.12. The van der Waals surface area contributed by atoms with Gasteiger partial charge in [-0.25, -0.2) is 0 Å². The zero-order valence-electron chi connectivity index (χ0n) is 9.92. The Hall–Kier alpha value is -1.92. The summed E-state index contributed by atoms with van der Waals surface area (Å²) in [5.74, 6) is 0.566. The van der Waals surface area contributed by atoms with Crippen molar-refractivity contribution in [3.8, 4) is 0 Å². The third-order valence-corrected chi connectivity index (χ3v) is 3.88. The van der Waals surface area contributed by atoms with Crippen LogP contribution in [0.25, 0.3) is 5.65 Å². The van der Waals surface area contributed by atoms with Crippen molar-refractivity contribution in [3.05, 3.63) is 45.5 Å². The van der Waals surface area contributed by atoms with Crippen LogP contribution in [0, 0.1) is 6.92 Å². The number of fused-ring (bicyclic) bond motifs is 1. The Morgan fingerprint density at radius 3 is 2.95 bits per heavy atom. The third kappa shape index (κ3) is 2.20. The van der Waals surface area contributed by atoms with Crippen molar-refractivity contribution in [2.75, 3.05) is 5.32 Å². The molecule has 0 aromatic carbocycles. The summed E-state index contributed by atoms with van der Waals surface area (Å²) in [6.07, 6.45) is 1.85. The molecule has 0 spiro atoms. The van der Waals surface area contributed by atoms with Gasteiger partial charge in [0.1, 0.15) is 5.82 Å². The van der Waals surface area contributed by atoms with Gasteiger partial charge in [-0.1, -0.05) is 11.6 Å². The number of halogens is 1. The molecular weight excluding hydrogens is 284 g/mol. The van der Waals surface area contributed by atoms with Crippen LogP contribution in [0.5, 0.6) is 0 Å². The molecule has 1 N–H and O–H groups in total. The molecular formula is C12H9ClN4OS. The Kier molecular flexibility index (Phi) is 2.96. The minimum Gasteiger partial charge on any atom is -0.318 e. The van der Waals surface area contributed by atoms with Gasteiger partial charge in [-0.2, -0.15) is 0 Å². The first-order chi connectivity index (χ1) is 9.15. The summed E-state index contributed by atoms with van der Waals surface area (Å²) in [5, 5.41) is 10.8. The van der Waals surface area contributed by atoms with Gasteiger partial charge in [-0.05, 0) is 31.2 Å². The average molecular weight is 293 g/mol. The van der Waals surface area contributed by atoms with Crippen molar-refractivity contribution in [3.63, 3.8) is 0 Å². The zero-order chi connectivity index (χ0) is 13.4. The first-order valence-electron chi connectivity index (χ1n) is 5.52. The molecule has 3 aromatic heterocycles. The SMILES string of the molecule is Cc1nnc2c(NC(=O)c3ccc(Cl)s3)cccn12. The summed E-state index contributed by atoms with van der Waals surface area (Å²) in [6.45, 7) is 1.85. The Labute approximate surface area is 117 Å². The van der Waals surface area contributed by atoms with Crippen LogP contribution < -0.4 is 5.32 Å². The van der Waals surface area contributed by atoms with Crippen molar-refractivity contribution in [2.45, 2.75) is 6.92 Å². The molecule has 5 nitrogen and oxygen atoms in total. The van der Waals surface area contributed by atoms with E-state index < -0.39 is 0 Å². The van der Waals surface area contributed by atoms with E-state index in [-0.39, 0.29) is 5.91 Å². The lowest BCUT2D eigenvalue weighted by Gasteiger charge is -2.04. The number of carbonyl (C=O) groups is 1. The number of nitrogens with zero attached hydrogens (tertiary/aromatic N) is 3. The third-order valence-electron chi connectivity index (χ3n) is 2.65. The van der Waals surface area contributed by atoms with Crippen LogP contribution in [0.4, 0.5) is 5.69 Å². The van der Waals surface area contributed by atoms with Gasteiger partial charge in [0, 0.05) is 6.20 Å². The summed E-state index contributed by atoms with van der Waals surface area (Å²) in [4.78, 5) is 12.6. The molecule has 1 amide bonds. The number of carbonyl (C=O) groups excluding carboxylic acids is 1. The van der Waals surface area contributed by atoms with Crippen LogP contribution in [0.15, 0.2) is 30.5 Å². The van der Waals surface area contributed by atoms with Crippen LogP contribution in [-0.4, -0.2) is 20.5 Å². The molecule has 0 saturated heterocycles. The first-order valence-corrected chi connectivity index (χ1v) is 6.71. The molecule has 3 rings (SSSR count). The lowest BCUT2D eigenvalue weighted by molar-refractivity contribution is 0.103. The number of rotatable bonds is 2. The summed E-state index contributed by atoms with van der Waals surface area (Å²) >= 11 is 7.05. The van der Waals surface area contributed by atoms with E-state index in [1.807, 2.05) is 23.6 Å². The molecule has 3 aromatic rings. The number of anilines is 1. The van der Waals surface area contributed by atoms with Crippen LogP contribution in [0.1, 0.15) is 15.5 Å². The Balaban J connectivity index is 1.95. The fraction of sp³-hybridized carbons (Fsp3) is 0.0833. The van der Waals surface area contributed by atoms with Gasteiger partial charge >= 0.3 is 0 Å². The maximum Gasteiger partial charge on any atom is 0.265 e. The molecule has 7 heteroatoms. The Bertz CT molecular complexity index is 764. The van der Waals surface area contributed by atoms with E-state index in [1.54, 1.807) is 18.2 Å². The van der Waals surface area contributed by atoms with Crippen molar-refractivity contribution in [2.24, 2.45) is 0 Å². The Morgan fingerprint density at radius 1 is 1.37 bits per heavy atom. The molecule has 0 aliphatic heterocycles. The molecule has 0 saturated carbocycles. The second kappa shape index (κ2) is 4.64. The molecule has 0 fully saturated rings. The highest BCUT2D eigenvalue weighted by Crippen LogP contribution is 2.23. The smallest absolute Gasteiger partial charge is 0.265 e. The van der Waals surface area contributed by atoms with Crippen molar-refractivity contribution in [1.82, 2.24) is 14.6 Å². The number of nitrogens with one attached hydrogen (secondary N) is 1. The summed E-state index contributed by atoms with van der Waals surface area (Å²) in [5.41, 5.74) is 1.24. The van der Waals surface area contributed by atoms with Gasteiger partial charge in [-0.15, -0.1) is 21.5 Å². The van der Waals surface area contributed by atoms with Gasteiger partial charge < -0.3 is 5.32 Å². The predicted octanol–water partition coefficient (Wildman–Crippen LogP) is 3.00. The molecule has 0 aliphatic rings. The lowest BCUT2D eigenvalue weighted by Crippen LogP contribution is -2.11. The van der Waals surface area contributed by atoms with E-state index in [0.717, 1.165) is 5.82 Å². The number of amides is 1. The quantitative estimate of drug-likeness (QED) is 0.790. The predicted molar refractivity (Wildman–Crippen MR) is 75.0 cm³/mol. The van der Waals surface area contributed by atoms with Gasteiger partial charge in [-0.3, -0.25) is 9.20 Å². The largest absolute Gasteiger partial charge is 0.318 e. The number of hydrogen-bond acceptors (Lipinski definition) is 4. The molecule has 0 aliphatic carbocycles. The average Bonchev–Trinajstić information content (AvgIpc) is 2.98. The maximum atomic E-state index is 12.1. The van der Waals surface area contributed by atoms with Gasteiger partial charge in [0.15, 0.2) is 5.65 Å². The van der Waals surface area contributed by atoms with Crippen molar-refractivity contribution in [1.29, 1.82) is 0 Å². The monoisotopic (exact) mass is 292 g/mol. The van der Waals surface area contributed by atoms with Crippen LogP contribution >= 0.6 is 22.9 Å². The topological polar surface area (TPSA) is 59.3 Å². The van der Waals surface area contributed by atoms with Crippen LogP contribution in [0.2, 0.25) is 4.34 Å². The van der Waals surface area contributed by atoms with E-state index in [4.69, 9.17) is 11.6 Å². The van der Waals surface area contributed by atoms with Gasteiger partial charge in [0.05, 0.1) is 14.9 Å². The molecule has 3 heterocycles. The van der Waals surface area contributed by atoms with Crippen LogP contribution in [0.3, 0.4) is 0 Å². The Morgan fingerprint density at radius 2 is 2.21 bits per heavy atom. The standard InChI is InChI=1S/C12H9ClN4OS/c1-7-15-16-11-8(3-2-6-17(7)11)14-12(18)9-4-5-10(13)19-9/h2-6H,1H3,(H,14,18). The molecule has 0 atom stereocenters. The lowest BCUT2D eigenvalue weighted by atomic mass is 10.3. The number of hydrogen-bond donors (Lipinski definition) is 1. The molecule has 0 unspecified atom stereocenters. The van der Waals surface area contributed by atoms with Crippen LogP contribution in [-0.2, 0) is 0 Å². The van der Waals surface area contributed by atoms with E-state index in [9.17, 15) is 4.79 Å².